The third kappa shape index (κ3) is 45.1. The predicted octanol–water partition coefficient (Wildman–Crippen LogP) is 8.72. The zero-order valence-electron chi connectivity index (χ0n) is 24.4. The molecule has 210 valence electrons. The topological polar surface area (TPSA) is 106 Å². The molecule has 0 aromatic rings. The van der Waals surface area contributed by atoms with Gasteiger partial charge in [-0.05, 0) is 12.8 Å². The molecule has 0 fully saturated rings. The minimum absolute atomic E-state index is 0. The minimum Gasteiger partial charge on any atom is -0.481 e. The van der Waals surface area contributed by atoms with E-state index < -0.39 is 11.9 Å². The Morgan fingerprint density at radius 3 is 0.882 bits per heavy atom. The van der Waals surface area contributed by atoms with E-state index in [9.17, 15) is 9.59 Å². The first kappa shape index (κ1) is 35.7. The smallest absolute Gasteiger partial charge is 0.303 e. The summed E-state index contributed by atoms with van der Waals surface area (Å²) in [4.78, 5) is 21.3. The van der Waals surface area contributed by atoms with Gasteiger partial charge >= 0.3 is 11.9 Å². The van der Waals surface area contributed by atoms with E-state index in [0.29, 0.717) is 12.8 Å². The molecular weight excluding hydrogens is 611 g/mol. The van der Waals surface area contributed by atoms with Crippen molar-refractivity contribution in [3.05, 3.63) is 0 Å². The largest absolute Gasteiger partial charge is 0.481 e. The number of aliphatic carboxylic acids is 2. The van der Waals surface area contributed by atoms with Gasteiger partial charge in [-0.2, -0.15) is 0 Å². The second kappa shape index (κ2) is 37.1. The van der Waals surface area contributed by atoms with Gasteiger partial charge < -0.3 is 15.7 Å². The zero-order chi connectivity index (χ0) is 25.5. The number of carbonyl (C=O) groups is 2. The monoisotopic (exact) mass is 671 g/mol. The maximum atomic E-state index is 10.7. The van der Waals surface area contributed by atoms with Crippen LogP contribution in [0.25, 0.3) is 2.86 Å². The molecule has 0 aliphatic heterocycles. The van der Waals surface area contributed by atoms with Crippen LogP contribution in [0, 0.1) is 0 Å². The predicted molar refractivity (Wildman–Crippen MR) is 141 cm³/mol. The molecule has 0 saturated carbocycles. The Bertz CT molecular complexity index is 391. The first-order chi connectivity index (χ1) is 16.6. The molecule has 0 aromatic heterocycles. The van der Waals surface area contributed by atoms with Crippen molar-refractivity contribution in [2.45, 2.75) is 168 Å². The molecule has 0 radical (unpaired) electrons. The van der Waals surface area contributed by atoms with Gasteiger partial charge in [-0.25, -0.2) is 0 Å². The van der Waals surface area contributed by atoms with Crippen LogP contribution in [0.5, 0.6) is 0 Å². The van der Waals surface area contributed by atoms with Gasteiger partial charge in [-0.1, -0.05) is 142 Å². The summed E-state index contributed by atoms with van der Waals surface area (Å²) in [6.45, 7) is 4.49. The van der Waals surface area contributed by atoms with Gasteiger partial charge in [0.05, 0.1) is 0 Å². The third-order valence-electron chi connectivity index (χ3n) is 5.97. The molecule has 0 aromatic carbocycles. The van der Waals surface area contributed by atoms with Gasteiger partial charge in [-0.3, -0.25) is 9.59 Å². The number of hydrogen-bond acceptors (Lipinski definition) is 4. The van der Waals surface area contributed by atoms with E-state index in [1.54, 1.807) is 0 Å². The molecular formula is C28H58O5Pt. The molecule has 0 unspecified atom stereocenters. The van der Waals surface area contributed by atoms with Gasteiger partial charge in [0.25, 0.3) is 2.86 Å². The number of hydrogen-bond donors (Lipinski definition) is 2. The van der Waals surface area contributed by atoms with Crippen molar-refractivity contribution in [3.63, 3.8) is 0 Å². The summed E-state index contributed by atoms with van der Waals surface area (Å²) in [6, 6.07) is 0. The zero-order valence-corrected chi connectivity index (χ0v) is 24.7. The summed E-state index contributed by atoms with van der Waals surface area (Å²) >= 11 is 0. The quantitative estimate of drug-likeness (QED) is 0.100. The van der Waals surface area contributed by atoms with Crippen LogP contribution < -0.4 is 0 Å². The summed E-state index contributed by atoms with van der Waals surface area (Å²) in [6.07, 6.45) is 28.8. The summed E-state index contributed by atoms with van der Waals surface area (Å²) in [5, 5.41) is 7.71. The molecule has 0 amide bonds. The number of carboxylic acid groups (broad SMARTS) is 2. The average Bonchev–Trinajstić information content (AvgIpc) is 2.85. The standard InChI is InChI=1S/2C14H28O2.H2O.Pt/c2*1-2-3-4-5-6-7-8-9-10-11-12-13-14(15)16;;/h2*2-13H2,1H3,(H,15,16);1H2;/i/hD2. The maximum absolute atomic E-state index is 10.7. The number of unbranched alkanes of at least 4 members (excludes halogenated alkanes) is 20. The molecule has 34 heavy (non-hydrogen) atoms. The van der Waals surface area contributed by atoms with Gasteiger partial charge in [0.2, 0.25) is 0 Å². The van der Waals surface area contributed by atoms with Gasteiger partial charge in [0.1, 0.15) is 0 Å². The van der Waals surface area contributed by atoms with Gasteiger partial charge in [0.15, 0.2) is 0 Å². The first-order valence-corrected chi connectivity index (χ1v) is 13.9. The molecule has 0 heterocycles. The van der Waals surface area contributed by atoms with Crippen LogP contribution in [-0.2, 0) is 30.7 Å². The Kier molecular flexibility index (Phi) is 39.1. The van der Waals surface area contributed by atoms with Crippen molar-refractivity contribution >= 4 is 11.9 Å². The third-order valence-corrected chi connectivity index (χ3v) is 5.97. The van der Waals surface area contributed by atoms with E-state index in [1.165, 1.54) is 116 Å². The van der Waals surface area contributed by atoms with Crippen molar-refractivity contribution in [3.8, 4) is 0 Å². The van der Waals surface area contributed by atoms with Crippen molar-refractivity contribution in [2.24, 2.45) is 0 Å². The second-order valence-corrected chi connectivity index (χ2v) is 9.32. The van der Waals surface area contributed by atoms with Crippen LogP contribution in [0.2, 0.25) is 0 Å². The first-order valence-electron chi connectivity index (χ1n) is 14.8. The van der Waals surface area contributed by atoms with Crippen molar-refractivity contribution in [1.82, 2.24) is 0 Å². The number of rotatable bonds is 24. The van der Waals surface area contributed by atoms with Gasteiger partial charge in [-0.15, -0.1) is 0 Å². The van der Waals surface area contributed by atoms with Gasteiger partial charge in [0, 0.05) is 33.9 Å². The van der Waals surface area contributed by atoms with E-state index >= 15 is 0 Å². The molecule has 5 nitrogen and oxygen atoms in total. The van der Waals surface area contributed by atoms with Crippen LogP contribution >= 0.6 is 0 Å². The van der Waals surface area contributed by atoms with E-state index in [0.717, 1.165) is 25.7 Å². The van der Waals surface area contributed by atoms with Crippen molar-refractivity contribution in [2.75, 3.05) is 0 Å². The maximum Gasteiger partial charge on any atom is 0.303 e. The molecule has 0 aliphatic carbocycles. The molecule has 0 aliphatic rings. The summed E-state index contributed by atoms with van der Waals surface area (Å²) in [5.74, 6) is -0.804. The SMILES string of the molecule is O.[2H]OC(=O)CCCCCCCCCCCCC.[2H]OC(=O)CCCCCCCCCCCCC.[Pt]. The van der Waals surface area contributed by atoms with Crippen LogP contribution in [0.1, 0.15) is 168 Å². The Morgan fingerprint density at radius 2 is 0.676 bits per heavy atom. The fourth-order valence-electron chi connectivity index (χ4n) is 3.87. The van der Waals surface area contributed by atoms with E-state index in [1.807, 2.05) is 0 Å². The molecule has 0 bridgehead atoms. The van der Waals surface area contributed by atoms with E-state index in [-0.39, 0.29) is 26.5 Å². The Hall–Kier alpha value is -0.412. The summed E-state index contributed by atoms with van der Waals surface area (Å²) in [7, 11) is 0. The minimum atomic E-state index is -0.402. The summed E-state index contributed by atoms with van der Waals surface area (Å²) < 4.78 is 12.8. The van der Waals surface area contributed by atoms with Crippen LogP contribution in [-0.4, -0.2) is 27.6 Å². The Morgan fingerprint density at radius 1 is 0.471 bits per heavy atom. The molecule has 0 saturated heterocycles. The second-order valence-electron chi connectivity index (χ2n) is 9.32. The van der Waals surface area contributed by atoms with E-state index in [4.69, 9.17) is 2.86 Å². The fraction of sp³-hybridized carbons (Fsp3) is 0.929. The normalized spacial score (nSPS) is 10.5. The molecule has 0 spiro atoms. The molecule has 0 atom stereocenters. The fourth-order valence-corrected chi connectivity index (χ4v) is 3.87. The summed E-state index contributed by atoms with van der Waals surface area (Å²) in [5.41, 5.74) is 0. The van der Waals surface area contributed by atoms with Crippen LogP contribution in [0.15, 0.2) is 0 Å². The van der Waals surface area contributed by atoms with Crippen LogP contribution in [0.4, 0.5) is 0 Å². The van der Waals surface area contributed by atoms with Crippen molar-refractivity contribution < 1.29 is 46.3 Å². The Balaban J connectivity index is -0.000000269. The molecule has 6 heteroatoms. The average molecular weight is 672 g/mol. The van der Waals surface area contributed by atoms with Crippen molar-refractivity contribution in [1.29, 1.82) is 2.86 Å². The molecule has 4 N–H and O–H groups in total. The molecule has 0 rings (SSSR count). The Labute approximate surface area is 228 Å². The van der Waals surface area contributed by atoms with E-state index in [2.05, 4.69) is 24.1 Å². The number of carboxylic acids is 2. The van der Waals surface area contributed by atoms with Crippen LogP contribution in [0.3, 0.4) is 0 Å².